The van der Waals surface area contributed by atoms with Crippen molar-refractivity contribution >= 4 is 16.6 Å². The van der Waals surface area contributed by atoms with Crippen molar-refractivity contribution in [2.75, 3.05) is 0 Å². The molecule has 6 nitrogen and oxygen atoms in total. The zero-order valence-corrected chi connectivity index (χ0v) is 20.4. The summed E-state index contributed by atoms with van der Waals surface area (Å²) < 4.78 is 4.90. The van der Waals surface area contributed by atoms with Crippen molar-refractivity contribution in [3.63, 3.8) is 0 Å². The van der Waals surface area contributed by atoms with Gasteiger partial charge in [0.25, 0.3) is 5.56 Å². The van der Waals surface area contributed by atoms with Gasteiger partial charge in [0.05, 0.1) is 39.7 Å². The summed E-state index contributed by atoms with van der Waals surface area (Å²) in [7, 11) is 3.26. The predicted octanol–water partition coefficient (Wildman–Crippen LogP) is 4.64. The van der Waals surface area contributed by atoms with Gasteiger partial charge < -0.3 is 9.88 Å². The van der Waals surface area contributed by atoms with E-state index in [9.17, 15) is 9.59 Å². The van der Waals surface area contributed by atoms with Gasteiger partial charge in [-0.3, -0.25) is 13.9 Å². The minimum atomic E-state index is -0.357. The third-order valence-electron chi connectivity index (χ3n) is 6.65. The summed E-state index contributed by atoms with van der Waals surface area (Å²) in [6.45, 7) is 8.08. The molecular formula is C29H28N4O2. The van der Waals surface area contributed by atoms with Crippen LogP contribution < -0.4 is 16.6 Å². The van der Waals surface area contributed by atoms with Gasteiger partial charge in [0.2, 0.25) is 0 Å². The summed E-state index contributed by atoms with van der Waals surface area (Å²) in [5.74, 6) is 0. The first-order chi connectivity index (χ1) is 16.9. The number of nitrogens with one attached hydrogen (secondary N) is 1. The van der Waals surface area contributed by atoms with Gasteiger partial charge in [-0.1, -0.05) is 72.8 Å². The van der Waals surface area contributed by atoms with Crippen LogP contribution in [0.5, 0.6) is 0 Å². The topological polar surface area (TPSA) is 61.0 Å². The largest absolute Gasteiger partial charge is 0.371 e. The van der Waals surface area contributed by atoms with Crippen molar-refractivity contribution in [2.45, 2.75) is 19.9 Å². The second-order valence-electron chi connectivity index (χ2n) is 8.86. The monoisotopic (exact) mass is 464 g/mol. The van der Waals surface area contributed by atoms with E-state index in [1.54, 1.807) is 17.7 Å². The minimum absolute atomic E-state index is 0.297. The molecule has 1 aliphatic heterocycles. The van der Waals surface area contributed by atoms with Crippen LogP contribution in [0.15, 0.2) is 94.7 Å². The van der Waals surface area contributed by atoms with Crippen molar-refractivity contribution in [3.05, 3.63) is 123 Å². The van der Waals surface area contributed by atoms with E-state index in [0.29, 0.717) is 10.9 Å². The number of allylic oxidation sites excluding steroid dienone is 4. The summed E-state index contributed by atoms with van der Waals surface area (Å²) in [6.07, 6.45) is 5.78. The fraction of sp³-hybridized carbons (Fsp3) is 0.172. The minimum Gasteiger partial charge on any atom is -0.371 e. The third-order valence-corrected chi connectivity index (χ3v) is 6.65. The number of nitrogens with zero attached hydrogens (tertiary/aromatic N) is 3. The number of hydrogen-bond donors (Lipinski definition) is 1. The molecule has 1 N–H and O–H groups in total. The Morgan fingerprint density at radius 3 is 2.40 bits per heavy atom. The Balaban J connectivity index is 2.08. The Morgan fingerprint density at radius 1 is 1.00 bits per heavy atom. The van der Waals surface area contributed by atoms with Gasteiger partial charge in [-0.05, 0) is 37.1 Å². The van der Waals surface area contributed by atoms with Crippen molar-refractivity contribution in [2.24, 2.45) is 14.1 Å². The molecule has 0 radical (unpaired) electrons. The lowest BCUT2D eigenvalue weighted by molar-refractivity contribution is 0.642. The molecule has 1 aliphatic rings. The van der Waals surface area contributed by atoms with Gasteiger partial charge >= 0.3 is 5.69 Å². The molecular weight excluding hydrogens is 436 g/mol. The lowest BCUT2D eigenvalue weighted by atomic mass is 9.98. The molecule has 35 heavy (non-hydrogen) atoms. The van der Waals surface area contributed by atoms with E-state index in [-0.39, 0.29) is 17.3 Å². The van der Waals surface area contributed by atoms with Crippen LogP contribution in [0.25, 0.3) is 27.9 Å². The van der Waals surface area contributed by atoms with Crippen LogP contribution in [0, 0.1) is 6.92 Å². The van der Waals surface area contributed by atoms with Crippen molar-refractivity contribution < 1.29 is 0 Å². The average molecular weight is 465 g/mol. The smallest absolute Gasteiger partial charge is 0.331 e. The van der Waals surface area contributed by atoms with Crippen molar-refractivity contribution in [1.82, 2.24) is 19.0 Å². The molecule has 4 aromatic rings. The Morgan fingerprint density at radius 2 is 1.74 bits per heavy atom. The highest BCUT2D eigenvalue weighted by Gasteiger charge is 2.34. The average Bonchev–Trinajstić information content (AvgIpc) is 3.23. The molecule has 0 fully saturated rings. The van der Waals surface area contributed by atoms with Crippen LogP contribution >= 0.6 is 0 Å². The molecule has 0 bridgehead atoms. The summed E-state index contributed by atoms with van der Waals surface area (Å²) >= 11 is 0. The molecule has 0 saturated heterocycles. The summed E-state index contributed by atoms with van der Waals surface area (Å²) in [5, 5.41) is 4.16. The predicted molar refractivity (Wildman–Crippen MR) is 142 cm³/mol. The first kappa shape index (κ1) is 22.5. The first-order valence-electron chi connectivity index (χ1n) is 11.6. The highest BCUT2D eigenvalue weighted by atomic mass is 16.2. The van der Waals surface area contributed by atoms with E-state index in [4.69, 9.17) is 0 Å². The van der Waals surface area contributed by atoms with Crippen LogP contribution in [0.3, 0.4) is 0 Å². The fourth-order valence-corrected chi connectivity index (χ4v) is 5.08. The first-order valence-corrected chi connectivity index (χ1v) is 11.6. The van der Waals surface area contributed by atoms with E-state index in [0.717, 1.165) is 39.5 Å². The highest BCUT2D eigenvalue weighted by molar-refractivity contribution is 5.99. The molecule has 2 aromatic heterocycles. The number of fused-ring (bicyclic) bond motifs is 3. The highest BCUT2D eigenvalue weighted by Crippen LogP contribution is 2.42. The number of aryl methyl sites for hydroxylation is 2. The summed E-state index contributed by atoms with van der Waals surface area (Å²) in [6, 6.07) is 17.8. The van der Waals surface area contributed by atoms with Gasteiger partial charge in [-0.25, -0.2) is 4.79 Å². The third kappa shape index (κ3) is 3.33. The lowest BCUT2D eigenvalue weighted by Gasteiger charge is -2.31. The van der Waals surface area contributed by atoms with Crippen molar-refractivity contribution in [1.29, 1.82) is 0 Å². The molecule has 1 unspecified atom stereocenters. The van der Waals surface area contributed by atoms with Crippen LogP contribution in [-0.2, 0) is 14.1 Å². The molecule has 0 aliphatic carbocycles. The number of benzene rings is 2. The SMILES string of the molecule is C=CC1=C(/C=C\C)n2c(-c3ccccc3)c3c(=O)n(C)c(=O)n(C)c3c2C(c2cccc(C)c2)N1. The molecule has 2 aromatic carbocycles. The number of hydrogen-bond acceptors (Lipinski definition) is 3. The maximum Gasteiger partial charge on any atom is 0.331 e. The maximum atomic E-state index is 13.7. The molecule has 176 valence electrons. The second-order valence-corrected chi connectivity index (χ2v) is 8.86. The van der Waals surface area contributed by atoms with Crippen LogP contribution in [-0.4, -0.2) is 13.7 Å². The molecule has 6 heteroatoms. The van der Waals surface area contributed by atoms with Crippen LogP contribution in [0.4, 0.5) is 0 Å². The zero-order valence-electron chi connectivity index (χ0n) is 20.4. The van der Waals surface area contributed by atoms with E-state index in [1.807, 2.05) is 55.5 Å². The van der Waals surface area contributed by atoms with Crippen LogP contribution in [0.1, 0.15) is 29.8 Å². The molecule has 1 atom stereocenters. The van der Waals surface area contributed by atoms with Crippen LogP contribution in [0.2, 0.25) is 0 Å². The Hall–Kier alpha value is -4.32. The number of aromatic nitrogens is 3. The summed E-state index contributed by atoms with van der Waals surface area (Å²) in [4.78, 5) is 26.8. The van der Waals surface area contributed by atoms with Gasteiger partial charge in [-0.15, -0.1) is 0 Å². The fourth-order valence-electron chi connectivity index (χ4n) is 5.08. The Labute approximate surface area is 203 Å². The quantitative estimate of drug-likeness (QED) is 0.479. The molecule has 0 amide bonds. The van der Waals surface area contributed by atoms with E-state index < -0.39 is 0 Å². The zero-order chi connectivity index (χ0) is 24.9. The normalized spacial score (nSPS) is 15.5. The molecule has 5 rings (SSSR count). The molecule has 0 spiro atoms. The Bertz CT molecular complexity index is 1660. The van der Waals surface area contributed by atoms with Gasteiger partial charge in [0.15, 0.2) is 0 Å². The summed E-state index contributed by atoms with van der Waals surface area (Å²) in [5.41, 5.74) is 6.35. The molecule has 3 heterocycles. The number of rotatable bonds is 4. The van der Waals surface area contributed by atoms with Crippen molar-refractivity contribution in [3.8, 4) is 11.3 Å². The maximum absolute atomic E-state index is 13.7. The van der Waals surface area contributed by atoms with Gasteiger partial charge in [0.1, 0.15) is 0 Å². The lowest BCUT2D eigenvalue weighted by Crippen LogP contribution is -2.37. The van der Waals surface area contributed by atoms with Gasteiger partial charge in [-0.2, -0.15) is 0 Å². The van der Waals surface area contributed by atoms with Gasteiger partial charge in [0, 0.05) is 14.1 Å². The van der Waals surface area contributed by atoms with E-state index >= 15 is 0 Å². The second kappa shape index (κ2) is 8.47. The molecule has 0 saturated carbocycles. The Kier molecular flexibility index (Phi) is 5.44. The standard InChI is InChI=1S/C29H28N4O2/c1-6-12-22-21(7-2)30-24(20-16-11-13-18(3)17-20)27-26-23(28(34)32(5)29(35)31(26)4)25(33(22)27)19-14-9-8-10-15-19/h6-17,24,30H,2H2,1,3-5H3/b12-6-. The van der Waals surface area contributed by atoms with E-state index in [2.05, 4.69) is 41.6 Å². The van der Waals surface area contributed by atoms with E-state index in [1.165, 1.54) is 11.6 Å².